The molecular formula is C15H29N3S. The van der Waals surface area contributed by atoms with Crippen LogP contribution < -0.4 is 10.6 Å². The molecule has 0 aliphatic heterocycles. The fourth-order valence-corrected chi connectivity index (χ4v) is 3.30. The zero-order valence-electron chi connectivity index (χ0n) is 13.2. The molecule has 110 valence electrons. The molecule has 1 aromatic rings. The number of aromatic nitrogens is 1. The molecule has 0 spiro atoms. The van der Waals surface area contributed by atoms with E-state index in [9.17, 15) is 0 Å². The molecule has 3 nitrogen and oxygen atoms in total. The van der Waals surface area contributed by atoms with Gasteiger partial charge in [-0.3, -0.25) is 0 Å². The number of hydrogen-bond donors (Lipinski definition) is 1. The highest BCUT2D eigenvalue weighted by molar-refractivity contribution is 7.15. The third-order valence-corrected chi connectivity index (χ3v) is 4.54. The van der Waals surface area contributed by atoms with Gasteiger partial charge in [-0.15, -0.1) is 11.3 Å². The Morgan fingerprint density at radius 2 is 1.84 bits per heavy atom. The van der Waals surface area contributed by atoms with Gasteiger partial charge >= 0.3 is 0 Å². The van der Waals surface area contributed by atoms with E-state index in [0.717, 1.165) is 18.1 Å². The standard InChI is InChI=1S/C15H29N3S/c1-7-12(6)14-13(8-16)19-15(17-14)18(11(4)5)9-10(2)3/h10-12H,7-9,16H2,1-6H3. The van der Waals surface area contributed by atoms with Crippen LogP contribution in [-0.4, -0.2) is 17.6 Å². The second-order valence-corrected chi connectivity index (χ2v) is 7.02. The molecule has 0 bridgehead atoms. The van der Waals surface area contributed by atoms with Crippen LogP contribution in [0.5, 0.6) is 0 Å². The van der Waals surface area contributed by atoms with Crippen molar-refractivity contribution in [2.24, 2.45) is 11.7 Å². The van der Waals surface area contributed by atoms with Crippen molar-refractivity contribution >= 4 is 16.5 Å². The first kappa shape index (κ1) is 16.4. The summed E-state index contributed by atoms with van der Waals surface area (Å²) in [5, 5.41) is 1.14. The van der Waals surface area contributed by atoms with E-state index in [0.29, 0.717) is 24.4 Å². The molecular weight excluding hydrogens is 254 g/mol. The quantitative estimate of drug-likeness (QED) is 0.823. The maximum Gasteiger partial charge on any atom is 0.186 e. The molecule has 0 aliphatic rings. The Kier molecular flexibility index (Phi) is 6.27. The van der Waals surface area contributed by atoms with Crippen molar-refractivity contribution in [2.45, 2.75) is 66.5 Å². The summed E-state index contributed by atoms with van der Waals surface area (Å²) in [6, 6.07) is 0.476. The summed E-state index contributed by atoms with van der Waals surface area (Å²) in [6.07, 6.45) is 1.11. The predicted molar refractivity (Wildman–Crippen MR) is 86.0 cm³/mol. The highest BCUT2D eigenvalue weighted by atomic mass is 32.1. The molecule has 0 aromatic carbocycles. The molecule has 1 aromatic heterocycles. The molecule has 1 atom stereocenters. The number of rotatable bonds is 7. The summed E-state index contributed by atoms with van der Waals surface area (Å²) in [6.45, 7) is 15.1. The first-order valence-corrected chi connectivity index (χ1v) is 8.18. The summed E-state index contributed by atoms with van der Waals surface area (Å²) in [5.74, 6) is 1.14. The summed E-state index contributed by atoms with van der Waals surface area (Å²) in [7, 11) is 0. The maximum atomic E-state index is 5.89. The molecule has 4 heteroatoms. The topological polar surface area (TPSA) is 42.2 Å². The fourth-order valence-electron chi connectivity index (χ4n) is 2.10. The third kappa shape index (κ3) is 4.18. The Hall–Kier alpha value is -0.610. The first-order valence-electron chi connectivity index (χ1n) is 7.36. The molecule has 0 aliphatic carbocycles. The van der Waals surface area contributed by atoms with Crippen LogP contribution in [0.4, 0.5) is 5.13 Å². The van der Waals surface area contributed by atoms with E-state index in [1.165, 1.54) is 10.6 Å². The van der Waals surface area contributed by atoms with Gasteiger partial charge in [0, 0.05) is 24.0 Å². The summed E-state index contributed by atoms with van der Waals surface area (Å²) < 4.78 is 0. The van der Waals surface area contributed by atoms with E-state index in [1.54, 1.807) is 11.3 Å². The van der Waals surface area contributed by atoms with Crippen molar-refractivity contribution < 1.29 is 0 Å². The van der Waals surface area contributed by atoms with Crippen molar-refractivity contribution in [1.82, 2.24) is 4.98 Å². The van der Waals surface area contributed by atoms with Crippen LogP contribution in [-0.2, 0) is 6.54 Å². The van der Waals surface area contributed by atoms with E-state index >= 15 is 0 Å². The van der Waals surface area contributed by atoms with Gasteiger partial charge in [-0.25, -0.2) is 4.98 Å². The van der Waals surface area contributed by atoms with Gasteiger partial charge in [0.2, 0.25) is 0 Å². The van der Waals surface area contributed by atoms with Crippen LogP contribution in [0.15, 0.2) is 0 Å². The largest absolute Gasteiger partial charge is 0.345 e. The zero-order chi connectivity index (χ0) is 14.6. The molecule has 0 fully saturated rings. The van der Waals surface area contributed by atoms with Gasteiger partial charge in [-0.05, 0) is 32.1 Å². The van der Waals surface area contributed by atoms with Gasteiger partial charge in [0.1, 0.15) is 0 Å². The van der Waals surface area contributed by atoms with Crippen LogP contribution in [0.1, 0.15) is 64.5 Å². The Labute approximate surface area is 122 Å². The number of hydrogen-bond acceptors (Lipinski definition) is 4. The molecule has 0 radical (unpaired) electrons. The van der Waals surface area contributed by atoms with Crippen molar-refractivity contribution in [3.05, 3.63) is 10.6 Å². The Balaban J connectivity index is 3.07. The lowest BCUT2D eigenvalue weighted by Crippen LogP contribution is -2.34. The molecule has 1 heterocycles. The Morgan fingerprint density at radius 3 is 2.26 bits per heavy atom. The normalized spacial score (nSPS) is 13.3. The van der Waals surface area contributed by atoms with Crippen molar-refractivity contribution in [3.63, 3.8) is 0 Å². The fraction of sp³-hybridized carbons (Fsp3) is 0.800. The SMILES string of the molecule is CCC(C)c1nc(N(CC(C)C)C(C)C)sc1CN. The van der Waals surface area contributed by atoms with Crippen LogP contribution in [0.3, 0.4) is 0 Å². The van der Waals surface area contributed by atoms with E-state index in [4.69, 9.17) is 10.7 Å². The minimum absolute atomic E-state index is 0.476. The molecule has 0 amide bonds. The van der Waals surface area contributed by atoms with Gasteiger partial charge in [0.25, 0.3) is 0 Å². The van der Waals surface area contributed by atoms with Crippen molar-refractivity contribution in [3.8, 4) is 0 Å². The van der Waals surface area contributed by atoms with Gasteiger partial charge in [0.05, 0.1) is 5.69 Å². The molecule has 0 saturated heterocycles. The van der Waals surface area contributed by atoms with E-state index in [1.807, 2.05) is 0 Å². The number of nitrogens with zero attached hydrogens (tertiary/aromatic N) is 2. The van der Waals surface area contributed by atoms with Gasteiger partial charge in [-0.1, -0.05) is 27.7 Å². The minimum atomic E-state index is 0.476. The first-order chi connectivity index (χ1) is 8.90. The Bertz CT molecular complexity index is 385. The summed E-state index contributed by atoms with van der Waals surface area (Å²) >= 11 is 1.77. The zero-order valence-corrected chi connectivity index (χ0v) is 14.0. The van der Waals surface area contributed by atoms with Crippen molar-refractivity contribution in [1.29, 1.82) is 0 Å². The highest BCUT2D eigenvalue weighted by Crippen LogP contribution is 2.33. The number of thiazole rings is 1. The second kappa shape index (κ2) is 7.25. The van der Waals surface area contributed by atoms with Crippen molar-refractivity contribution in [2.75, 3.05) is 11.4 Å². The average Bonchev–Trinajstić information content (AvgIpc) is 2.78. The van der Waals surface area contributed by atoms with E-state index in [2.05, 4.69) is 46.4 Å². The molecule has 1 unspecified atom stereocenters. The monoisotopic (exact) mass is 283 g/mol. The van der Waals surface area contributed by atoms with Crippen LogP contribution in [0, 0.1) is 5.92 Å². The maximum absolute atomic E-state index is 5.89. The summed E-state index contributed by atoms with van der Waals surface area (Å²) in [5.41, 5.74) is 7.09. The molecule has 1 rings (SSSR count). The minimum Gasteiger partial charge on any atom is -0.345 e. The van der Waals surface area contributed by atoms with Gasteiger partial charge < -0.3 is 10.6 Å². The number of anilines is 1. The lowest BCUT2D eigenvalue weighted by molar-refractivity contribution is 0.568. The molecule has 19 heavy (non-hydrogen) atoms. The second-order valence-electron chi connectivity index (χ2n) is 5.96. The predicted octanol–water partition coefficient (Wildman–Crippen LogP) is 3.99. The lowest BCUT2D eigenvalue weighted by Gasteiger charge is -2.28. The van der Waals surface area contributed by atoms with E-state index < -0.39 is 0 Å². The van der Waals surface area contributed by atoms with Crippen LogP contribution in [0.2, 0.25) is 0 Å². The van der Waals surface area contributed by atoms with Gasteiger partial charge in [-0.2, -0.15) is 0 Å². The van der Waals surface area contributed by atoms with Crippen LogP contribution in [0.25, 0.3) is 0 Å². The van der Waals surface area contributed by atoms with E-state index in [-0.39, 0.29) is 0 Å². The third-order valence-electron chi connectivity index (χ3n) is 3.41. The average molecular weight is 283 g/mol. The Morgan fingerprint density at radius 1 is 1.21 bits per heavy atom. The molecule has 0 saturated carbocycles. The lowest BCUT2D eigenvalue weighted by atomic mass is 10.0. The van der Waals surface area contributed by atoms with Gasteiger partial charge in [0.15, 0.2) is 5.13 Å². The summed E-state index contributed by atoms with van der Waals surface area (Å²) in [4.78, 5) is 8.54. The van der Waals surface area contributed by atoms with Crippen LogP contribution >= 0.6 is 11.3 Å². The smallest absolute Gasteiger partial charge is 0.186 e. The number of nitrogens with two attached hydrogens (primary N) is 1. The molecule has 2 N–H and O–H groups in total. The highest BCUT2D eigenvalue weighted by Gasteiger charge is 2.20.